The largest absolute Gasteiger partial charge is 0.327 e. The third-order valence-electron chi connectivity index (χ3n) is 2.56. The summed E-state index contributed by atoms with van der Waals surface area (Å²) in [6, 6.07) is 4.62. The maximum Gasteiger partial charge on any atom is 0.0153 e. The Morgan fingerprint density at radius 3 is 2.44 bits per heavy atom. The molecule has 0 fully saturated rings. The number of thiophene rings is 1. The van der Waals surface area contributed by atoms with Gasteiger partial charge in [-0.25, -0.2) is 0 Å². The minimum Gasteiger partial charge on any atom is -0.327 e. The zero-order valence-electron chi connectivity index (χ0n) is 9.51. The standard InChI is InChI=1S/C10H13NS.C4H6/c11-9-5-2-1-4-8(9)10-6-3-7-12-10;1-3-4-2/h1-3,6-9H,4-5,11H2;3-4H,1-2H2/t8-,9-;/m1./s1. The second kappa shape index (κ2) is 7.20. The molecular weight excluding hydrogens is 214 g/mol. The molecule has 2 N–H and O–H groups in total. The Balaban J connectivity index is 0.000000280. The highest BCUT2D eigenvalue weighted by Gasteiger charge is 2.20. The number of hydrogen-bond donors (Lipinski definition) is 1. The highest BCUT2D eigenvalue weighted by atomic mass is 32.1. The molecule has 0 saturated carbocycles. The Labute approximate surface area is 102 Å². The summed E-state index contributed by atoms with van der Waals surface area (Å²) in [6.45, 7) is 6.72. The van der Waals surface area contributed by atoms with Crippen LogP contribution in [0, 0.1) is 0 Å². The highest BCUT2D eigenvalue weighted by Crippen LogP contribution is 2.31. The molecular formula is C14H19NS. The topological polar surface area (TPSA) is 26.0 Å². The quantitative estimate of drug-likeness (QED) is 0.609. The van der Waals surface area contributed by atoms with Gasteiger partial charge in [-0.05, 0) is 24.3 Å². The van der Waals surface area contributed by atoms with E-state index in [0.29, 0.717) is 12.0 Å². The molecule has 1 aliphatic rings. The minimum atomic E-state index is 0.327. The lowest BCUT2D eigenvalue weighted by Gasteiger charge is -2.23. The van der Waals surface area contributed by atoms with Crippen molar-refractivity contribution in [1.82, 2.24) is 0 Å². The average molecular weight is 233 g/mol. The van der Waals surface area contributed by atoms with Crippen LogP contribution < -0.4 is 5.73 Å². The van der Waals surface area contributed by atoms with Crippen LogP contribution >= 0.6 is 11.3 Å². The molecule has 0 bridgehead atoms. The van der Waals surface area contributed by atoms with Gasteiger partial charge in [0, 0.05) is 16.8 Å². The van der Waals surface area contributed by atoms with Crippen LogP contribution in [0.1, 0.15) is 23.6 Å². The van der Waals surface area contributed by atoms with Crippen molar-refractivity contribution in [3.63, 3.8) is 0 Å². The molecule has 1 aromatic heterocycles. The summed E-state index contributed by atoms with van der Waals surface area (Å²) in [7, 11) is 0. The molecule has 1 aromatic rings. The van der Waals surface area contributed by atoms with Crippen molar-refractivity contribution in [3.05, 3.63) is 59.9 Å². The van der Waals surface area contributed by atoms with Crippen LogP contribution in [0.15, 0.2) is 55.0 Å². The molecule has 1 heterocycles. The van der Waals surface area contributed by atoms with E-state index in [-0.39, 0.29) is 0 Å². The maximum atomic E-state index is 6.03. The van der Waals surface area contributed by atoms with Gasteiger partial charge < -0.3 is 5.73 Å². The van der Waals surface area contributed by atoms with Gasteiger partial charge in [0.15, 0.2) is 0 Å². The molecule has 0 spiro atoms. The van der Waals surface area contributed by atoms with Gasteiger partial charge >= 0.3 is 0 Å². The van der Waals surface area contributed by atoms with Gasteiger partial charge in [0.2, 0.25) is 0 Å². The Bertz CT molecular complexity index is 332. The van der Waals surface area contributed by atoms with Crippen molar-refractivity contribution in [2.45, 2.75) is 24.8 Å². The monoisotopic (exact) mass is 233 g/mol. The predicted octanol–water partition coefficient (Wildman–Crippen LogP) is 3.87. The van der Waals surface area contributed by atoms with Gasteiger partial charge in [-0.2, -0.15) is 0 Å². The SMILES string of the molecule is C=CC=C.N[C@@H]1CC=CC[C@H]1c1cccs1. The van der Waals surface area contributed by atoms with Crippen LogP contribution in [-0.4, -0.2) is 6.04 Å². The van der Waals surface area contributed by atoms with Crippen molar-refractivity contribution < 1.29 is 0 Å². The van der Waals surface area contributed by atoms with Crippen LogP contribution in [0.3, 0.4) is 0 Å². The summed E-state index contributed by atoms with van der Waals surface area (Å²) in [6.07, 6.45) is 9.85. The summed E-state index contributed by atoms with van der Waals surface area (Å²) in [5, 5.41) is 2.13. The summed E-state index contributed by atoms with van der Waals surface area (Å²) in [4.78, 5) is 1.44. The van der Waals surface area contributed by atoms with Gasteiger partial charge in [0.05, 0.1) is 0 Å². The average Bonchev–Trinajstić information content (AvgIpc) is 2.83. The fourth-order valence-corrected chi connectivity index (χ4v) is 2.58. The molecule has 0 unspecified atom stereocenters. The van der Waals surface area contributed by atoms with Crippen molar-refractivity contribution in [3.8, 4) is 0 Å². The molecule has 2 atom stereocenters. The van der Waals surface area contributed by atoms with E-state index >= 15 is 0 Å². The summed E-state index contributed by atoms with van der Waals surface area (Å²) in [5.74, 6) is 0.565. The number of hydrogen-bond acceptors (Lipinski definition) is 2. The van der Waals surface area contributed by atoms with Gasteiger partial charge in [0.25, 0.3) is 0 Å². The molecule has 86 valence electrons. The zero-order chi connectivity index (χ0) is 11.8. The molecule has 0 aromatic carbocycles. The second-order valence-electron chi connectivity index (χ2n) is 3.70. The molecule has 2 rings (SSSR count). The minimum absolute atomic E-state index is 0.327. The van der Waals surface area contributed by atoms with Crippen LogP contribution in [-0.2, 0) is 0 Å². The Kier molecular flexibility index (Phi) is 5.83. The third kappa shape index (κ3) is 3.80. The Morgan fingerprint density at radius 2 is 1.94 bits per heavy atom. The van der Waals surface area contributed by atoms with Gasteiger partial charge in [-0.15, -0.1) is 11.3 Å². The van der Waals surface area contributed by atoms with Crippen molar-refractivity contribution in [1.29, 1.82) is 0 Å². The molecule has 0 radical (unpaired) electrons. The molecule has 16 heavy (non-hydrogen) atoms. The van der Waals surface area contributed by atoms with Crippen molar-refractivity contribution >= 4 is 11.3 Å². The lowest BCUT2D eigenvalue weighted by molar-refractivity contribution is 0.528. The fourth-order valence-electron chi connectivity index (χ4n) is 1.66. The van der Waals surface area contributed by atoms with E-state index in [9.17, 15) is 0 Å². The maximum absolute atomic E-state index is 6.03. The number of nitrogens with two attached hydrogens (primary N) is 1. The second-order valence-corrected chi connectivity index (χ2v) is 4.68. The van der Waals surface area contributed by atoms with Crippen molar-refractivity contribution in [2.75, 3.05) is 0 Å². The Morgan fingerprint density at radius 1 is 1.25 bits per heavy atom. The van der Waals surface area contributed by atoms with Gasteiger partial charge in [0.1, 0.15) is 0 Å². The van der Waals surface area contributed by atoms with E-state index in [4.69, 9.17) is 5.73 Å². The van der Waals surface area contributed by atoms with Crippen LogP contribution in [0.4, 0.5) is 0 Å². The summed E-state index contributed by atoms with van der Waals surface area (Å²) in [5.41, 5.74) is 6.03. The van der Waals surface area contributed by atoms with Crippen LogP contribution in [0.2, 0.25) is 0 Å². The molecule has 2 heteroatoms. The van der Waals surface area contributed by atoms with E-state index in [1.54, 1.807) is 12.2 Å². The zero-order valence-corrected chi connectivity index (χ0v) is 10.3. The fraction of sp³-hybridized carbons (Fsp3) is 0.286. The third-order valence-corrected chi connectivity index (χ3v) is 3.56. The first-order valence-electron chi connectivity index (χ1n) is 5.47. The van der Waals surface area contributed by atoms with E-state index < -0.39 is 0 Å². The van der Waals surface area contributed by atoms with E-state index in [1.165, 1.54) is 4.88 Å². The summed E-state index contributed by atoms with van der Waals surface area (Å²) >= 11 is 1.82. The van der Waals surface area contributed by atoms with Gasteiger partial charge in [-0.1, -0.05) is 43.5 Å². The van der Waals surface area contributed by atoms with E-state index in [0.717, 1.165) is 12.8 Å². The van der Waals surface area contributed by atoms with Crippen LogP contribution in [0.25, 0.3) is 0 Å². The lowest BCUT2D eigenvalue weighted by Crippen LogP contribution is -2.28. The van der Waals surface area contributed by atoms with Crippen molar-refractivity contribution in [2.24, 2.45) is 5.73 Å². The number of rotatable bonds is 2. The summed E-state index contributed by atoms with van der Waals surface area (Å²) < 4.78 is 0. The van der Waals surface area contributed by atoms with Crippen LogP contribution in [0.5, 0.6) is 0 Å². The molecule has 1 aliphatic carbocycles. The molecule has 1 nitrogen and oxygen atoms in total. The molecule has 0 aliphatic heterocycles. The highest BCUT2D eigenvalue weighted by molar-refractivity contribution is 7.10. The van der Waals surface area contributed by atoms with E-state index in [2.05, 4.69) is 42.8 Å². The molecule has 0 saturated heterocycles. The number of allylic oxidation sites excluding steroid dienone is 3. The molecule has 0 amide bonds. The smallest absolute Gasteiger partial charge is 0.0153 e. The van der Waals surface area contributed by atoms with Gasteiger partial charge in [-0.3, -0.25) is 0 Å². The normalized spacial score (nSPS) is 23.1. The first-order chi connectivity index (χ1) is 7.79. The van der Waals surface area contributed by atoms with E-state index in [1.807, 2.05) is 11.3 Å². The predicted molar refractivity (Wildman–Crippen MR) is 73.8 cm³/mol. The first-order valence-corrected chi connectivity index (χ1v) is 6.35. The Hall–Kier alpha value is -1.12. The lowest BCUT2D eigenvalue weighted by atomic mass is 9.88. The first kappa shape index (κ1) is 12.9.